The smallest absolute Gasteiger partial charge is 0.250 e. The van der Waals surface area contributed by atoms with E-state index >= 15 is 0 Å². The lowest BCUT2D eigenvalue weighted by atomic mass is 10.0. The third-order valence-corrected chi connectivity index (χ3v) is 4.90. The van der Waals surface area contributed by atoms with E-state index in [1.807, 2.05) is 30.3 Å². The zero-order valence-corrected chi connectivity index (χ0v) is 12.4. The number of rotatable bonds is 2. The summed E-state index contributed by atoms with van der Waals surface area (Å²) in [5.74, 6) is 1.42. The van der Waals surface area contributed by atoms with Crippen molar-refractivity contribution in [3.8, 4) is 5.69 Å². The zero-order chi connectivity index (χ0) is 13.2. The molecular formula is C13H16BrN5. The number of tetrazole rings is 1. The van der Waals surface area contributed by atoms with E-state index < -0.39 is 0 Å². The molecule has 0 radical (unpaired) electrons. The van der Waals surface area contributed by atoms with Crippen molar-refractivity contribution >= 4 is 21.9 Å². The summed E-state index contributed by atoms with van der Waals surface area (Å²) in [5, 5.41) is 12.1. The van der Waals surface area contributed by atoms with Crippen molar-refractivity contribution in [2.24, 2.45) is 5.92 Å². The fourth-order valence-corrected chi connectivity index (χ4v) is 2.79. The van der Waals surface area contributed by atoms with Gasteiger partial charge >= 0.3 is 0 Å². The summed E-state index contributed by atoms with van der Waals surface area (Å²) in [6.07, 6.45) is 1.11. The first kappa shape index (κ1) is 12.6. The SMILES string of the molecule is CC1CN(c2nnnn2-c2ccccc2)CCC1Br. The van der Waals surface area contributed by atoms with Crippen LogP contribution in [0.2, 0.25) is 0 Å². The van der Waals surface area contributed by atoms with Crippen molar-refractivity contribution in [1.29, 1.82) is 0 Å². The minimum atomic E-state index is 0.588. The van der Waals surface area contributed by atoms with E-state index in [4.69, 9.17) is 0 Å². The van der Waals surface area contributed by atoms with Crippen LogP contribution in [-0.2, 0) is 0 Å². The van der Waals surface area contributed by atoms with E-state index in [1.165, 1.54) is 0 Å². The van der Waals surface area contributed by atoms with E-state index in [-0.39, 0.29) is 0 Å². The van der Waals surface area contributed by atoms with Gasteiger partial charge in [0.15, 0.2) is 0 Å². The molecule has 0 amide bonds. The standard InChI is InChI=1S/C13H16BrN5/c1-10-9-18(8-7-12(10)14)13-15-16-17-19(13)11-5-3-2-4-6-11/h2-6,10,12H,7-9H2,1H3. The molecule has 1 aliphatic heterocycles. The summed E-state index contributed by atoms with van der Waals surface area (Å²) < 4.78 is 1.81. The molecular weight excluding hydrogens is 306 g/mol. The van der Waals surface area contributed by atoms with Gasteiger partial charge in [-0.25, -0.2) is 0 Å². The third kappa shape index (κ3) is 2.49. The Hall–Kier alpha value is -1.43. The topological polar surface area (TPSA) is 46.8 Å². The Morgan fingerprint density at radius 1 is 1.26 bits per heavy atom. The van der Waals surface area contributed by atoms with Gasteiger partial charge in [0.1, 0.15) is 0 Å². The van der Waals surface area contributed by atoms with Crippen LogP contribution in [0.25, 0.3) is 5.69 Å². The molecule has 2 unspecified atom stereocenters. The highest BCUT2D eigenvalue weighted by Gasteiger charge is 2.27. The summed E-state index contributed by atoms with van der Waals surface area (Å²) in [6, 6.07) is 10.0. The molecule has 6 heteroatoms. The highest BCUT2D eigenvalue weighted by Crippen LogP contribution is 2.26. The summed E-state index contributed by atoms with van der Waals surface area (Å²) in [4.78, 5) is 2.85. The third-order valence-electron chi connectivity index (χ3n) is 3.54. The summed E-state index contributed by atoms with van der Waals surface area (Å²) in [7, 11) is 0. The van der Waals surface area contributed by atoms with Crippen LogP contribution in [0, 0.1) is 5.92 Å². The van der Waals surface area contributed by atoms with Gasteiger partial charge < -0.3 is 4.90 Å². The molecule has 2 heterocycles. The minimum Gasteiger partial charge on any atom is -0.339 e. The van der Waals surface area contributed by atoms with E-state index in [1.54, 1.807) is 4.68 Å². The fraction of sp³-hybridized carbons (Fsp3) is 0.462. The first-order valence-corrected chi connectivity index (χ1v) is 7.40. The molecule has 1 aromatic heterocycles. The number of halogens is 1. The van der Waals surface area contributed by atoms with Gasteiger partial charge in [-0.1, -0.05) is 46.2 Å². The molecule has 2 atom stereocenters. The molecule has 1 fully saturated rings. The number of alkyl halides is 1. The molecule has 0 spiro atoms. The Balaban J connectivity index is 1.89. The van der Waals surface area contributed by atoms with Gasteiger partial charge in [-0.3, -0.25) is 0 Å². The quantitative estimate of drug-likeness (QED) is 0.796. The molecule has 19 heavy (non-hydrogen) atoms. The molecule has 1 aliphatic rings. The van der Waals surface area contributed by atoms with Gasteiger partial charge in [-0.15, -0.1) is 0 Å². The maximum atomic E-state index is 4.19. The maximum absolute atomic E-state index is 4.19. The molecule has 0 saturated carbocycles. The van der Waals surface area contributed by atoms with Crippen LogP contribution in [0.4, 0.5) is 5.95 Å². The minimum absolute atomic E-state index is 0.588. The molecule has 1 aromatic carbocycles. The van der Waals surface area contributed by atoms with E-state index in [2.05, 4.69) is 43.3 Å². The number of benzene rings is 1. The van der Waals surface area contributed by atoms with Crippen LogP contribution in [0.5, 0.6) is 0 Å². The van der Waals surface area contributed by atoms with Crippen LogP contribution in [0.3, 0.4) is 0 Å². The maximum Gasteiger partial charge on any atom is 0.250 e. The largest absolute Gasteiger partial charge is 0.339 e. The highest BCUT2D eigenvalue weighted by atomic mass is 79.9. The lowest BCUT2D eigenvalue weighted by Gasteiger charge is -2.34. The van der Waals surface area contributed by atoms with Crippen LogP contribution in [-0.4, -0.2) is 38.1 Å². The highest BCUT2D eigenvalue weighted by molar-refractivity contribution is 9.09. The number of hydrogen-bond donors (Lipinski definition) is 0. The van der Waals surface area contributed by atoms with Crippen LogP contribution >= 0.6 is 15.9 Å². The van der Waals surface area contributed by atoms with Crippen molar-refractivity contribution in [2.75, 3.05) is 18.0 Å². The second kappa shape index (κ2) is 5.28. The average Bonchev–Trinajstić information content (AvgIpc) is 2.92. The Morgan fingerprint density at radius 2 is 2.05 bits per heavy atom. The zero-order valence-electron chi connectivity index (χ0n) is 10.8. The predicted molar refractivity (Wildman–Crippen MR) is 77.9 cm³/mol. The number of piperidine rings is 1. The van der Waals surface area contributed by atoms with Crippen molar-refractivity contribution in [1.82, 2.24) is 20.2 Å². The lowest BCUT2D eigenvalue weighted by Crippen LogP contribution is -2.41. The van der Waals surface area contributed by atoms with Gasteiger partial charge in [0.05, 0.1) is 5.69 Å². The van der Waals surface area contributed by atoms with E-state index in [9.17, 15) is 0 Å². The molecule has 100 valence electrons. The van der Waals surface area contributed by atoms with Gasteiger partial charge in [0.25, 0.3) is 0 Å². The van der Waals surface area contributed by atoms with Crippen molar-refractivity contribution in [3.05, 3.63) is 30.3 Å². The van der Waals surface area contributed by atoms with E-state index in [0.29, 0.717) is 10.7 Å². The summed E-state index contributed by atoms with van der Waals surface area (Å²) >= 11 is 3.72. The Bertz CT molecular complexity index is 541. The van der Waals surface area contributed by atoms with Gasteiger partial charge in [0.2, 0.25) is 5.95 Å². The van der Waals surface area contributed by atoms with Gasteiger partial charge in [-0.05, 0) is 34.9 Å². The molecule has 0 N–H and O–H groups in total. The van der Waals surface area contributed by atoms with Gasteiger partial charge in [0, 0.05) is 17.9 Å². The molecule has 2 aromatic rings. The number of para-hydroxylation sites is 1. The Labute approximate surface area is 120 Å². The van der Waals surface area contributed by atoms with E-state index in [0.717, 1.165) is 31.1 Å². The normalized spacial score (nSPS) is 23.6. The Morgan fingerprint density at radius 3 is 2.79 bits per heavy atom. The van der Waals surface area contributed by atoms with Crippen LogP contribution in [0.15, 0.2) is 30.3 Å². The van der Waals surface area contributed by atoms with Gasteiger partial charge in [-0.2, -0.15) is 4.68 Å². The first-order chi connectivity index (χ1) is 9.25. The number of anilines is 1. The number of aromatic nitrogens is 4. The lowest BCUT2D eigenvalue weighted by molar-refractivity contribution is 0.458. The average molecular weight is 322 g/mol. The molecule has 5 nitrogen and oxygen atoms in total. The molecule has 0 bridgehead atoms. The number of nitrogens with zero attached hydrogens (tertiary/aromatic N) is 5. The number of hydrogen-bond acceptors (Lipinski definition) is 4. The molecule has 3 rings (SSSR count). The van der Waals surface area contributed by atoms with Crippen molar-refractivity contribution in [3.63, 3.8) is 0 Å². The second-order valence-electron chi connectivity index (χ2n) is 4.95. The molecule has 1 saturated heterocycles. The summed E-state index contributed by atoms with van der Waals surface area (Å²) in [5.41, 5.74) is 0.996. The van der Waals surface area contributed by atoms with Crippen LogP contribution in [0.1, 0.15) is 13.3 Å². The first-order valence-electron chi connectivity index (χ1n) is 6.48. The van der Waals surface area contributed by atoms with Crippen LogP contribution < -0.4 is 4.90 Å². The second-order valence-corrected chi connectivity index (χ2v) is 6.13. The molecule has 0 aliphatic carbocycles. The van der Waals surface area contributed by atoms with Crippen molar-refractivity contribution in [2.45, 2.75) is 18.2 Å². The summed E-state index contributed by atoms with van der Waals surface area (Å²) in [6.45, 7) is 4.21. The Kier molecular flexibility index (Phi) is 3.50. The predicted octanol–water partition coefficient (Wildman–Crippen LogP) is 2.27. The fourth-order valence-electron chi connectivity index (χ4n) is 2.41. The monoisotopic (exact) mass is 321 g/mol. The van der Waals surface area contributed by atoms with Crippen molar-refractivity contribution < 1.29 is 0 Å².